The van der Waals surface area contributed by atoms with E-state index in [2.05, 4.69) is 26.6 Å². The van der Waals surface area contributed by atoms with E-state index in [1.54, 1.807) is 25.1 Å². The zero-order valence-electron chi connectivity index (χ0n) is 12.2. The average molecular weight is 381 g/mol. The number of anilines is 2. The first kappa shape index (κ1) is 17.0. The van der Waals surface area contributed by atoms with Gasteiger partial charge in [-0.2, -0.15) is 0 Å². The number of nitrogens with one attached hydrogen (secondary N) is 2. The molecule has 2 N–H and O–H groups in total. The summed E-state index contributed by atoms with van der Waals surface area (Å²) in [6.07, 6.45) is -0.568. The summed E-state index contributed by atoms with van der Waals surface area (Å²) in [5.41, 5.74) is 0.920. The first-order valence-corrected chi connectivity index (χ1v) is 7.59. The Labute approximate surface area is 141 Å². The van der Waals surface area contributed by atoms with Gasteiger partial charge in [-0.05, 0) is 49.4 Å². The van der Waals surface area contributed by atoms with Crippen molar-refractivity contribution >= 4 is 39.3 Å². The molecule has 0 aliphatic carbocycles. The minimum atomic E-state index is -0.568. The lowest BCUT2D eigenvalue weighted by atomic mass is 10.2. The van der Waals surface area contributed by atoms with Crippen LogP contribution in [0.15, 0.2) is 46.9 Å². The molecule has 120 valence electrons. The van der Waals surface area contributed by atoms with Crippen LogP contribution < -0.4 is 10.6 Å². The lowest BCUT2D eigenvalue weighted by Crippen LogP contribution is -2.15. The molecule has 5 nitrogen and oxygen atoms in total. The molecule has 0 radical (unpaired) electrons. The Hall–Kier alpha value is -2.41. The molecule has 0 saturated heterocycles. The van der Waals surface area contributed by atoms with Crippen LogP contribution in [0, 0.1) is 5.82 Å². The van der Waals surface area contributed by atoms with Gasteiger partial charge in [0.05, 0.1) is 12.3 Å². The van der Waals surface area contributed by atoms with Crippen molar-refractivity contribution in [1.82, 2.24) is 0 Å². The van der Waals surface area contributed by atoms with Crippen molar-refractivity contribution < 1.29 is 18.7 Å². The Morgan fingerprint density at radius 1 is 1.13 bits per heavy atom. The molecule has 23 heavy (non-hydrogen) atoms. The van der Waals surface area contributed by atoms with Gasteiger partial charge in [-0.1, -0.05) is 15.9 Å². The molecule has 2 aromatic rings. The fraction of sp³-hybridized carbons (Fsp3) is 0.125. The molecular formula is C16H14BrFN2O3. The van der Waals surface area contributed by atoms with Crippen molar-refractivity contribution in [2.45, 2.75) is 6.92 Å². The number of hydrogen-bond donors (Lipinski definition) is 2. The number of halogens is 2. The van der Waals surface area contributed by atoms with E-state index in [-0.39, 0.29) is 12.3 Å². The molecule has 2 amide bonds. The fourth-order valence-corrected chi connectivity index (χ4v) is 2.11. The molecule has 0 aliphatic rings. The van der Waals surface area contributed by atoms with Crippen LogP contribution in [-0.2, 0) is 4.74 Å². The Bertz CT molecular complexity index is 720. The van der Waals surface area contributed by atoms with Crippen LogP contribution in [-0.4, -0.2) is 18.6 Å². The van der Waals surface area contributed by atoms with Crippen molar-refractivity contribution in [1.29, 1.82) is 0 Å². The minimum absolute atomic E-state index is 0.0897. The van der Waals surface area contributed by atoms with Gasteiger partial charge in [0, 0.05) is 15.7 Å². The number of carbonyl (C=O) groups excluding carboxylic acids is 2. The molecule has 0 heterocycles. The topological polar surface area (TPSA) is 67.4 Å². The van der Waals surface area contributed by atoms with Gasteiger partial charge in [-0.3, -0.25) is 10.1 Å². The highest BCUT2D eigenvalue weighted by atomic mass is 79.9. The monoisotopic (exact) mass is 380 g/mol. The normalized spacial score (nSPS) is 10.0. The third kappa shape index (κ3) is 4.79. The summed E-state index contributed by atoms with van der Waals surface area (Å²) in [5, 5.41) is 5.00. The van der Waals surface area contributed by atoms with E-state index in [0.717, 1.165) is 0 Å². The minimum Gasteiger partial charge on any atom is -0.450 e. The summed E-state index contributed by atoms with van der Waals surface area (Å²) in [6.45, 7) is 1.97. The van der Waals surface area contributed by atoms with Crippen molar-refractivity contribution in [3.63, 3.8) is 0 Å². The zero-order chi connectivity index (χ0) is 16.8. The van der Waals surface area contributed by atoms with E-state index in [9.17, 15) is 14.0 Å². The summed E-state index contributed by atoms with van der Waals surface area (Å²) in [4.78, 5) is 23.4. The average Bonchev–Trinajstić information content (AvgIpc) is 2.51. The number of benzene rings is 2. The number of rotatable bonds is 4. The molecule has 0 unspecified atom stereocenters. The highest BCUT2D eigenvalue weighted by Crippen LogP contribution is 2.20. The lowest BCUT2D eigenvalue weighted by molar-refractivity contribution is 0.102. The Balaban J connectivity index is 2.04. The molecular weight excluding hydrogens is 367 g/mol. The largest absolute Gasteiger partial charge is 0.450 e. The predicted molar refractivity (Wildman–Crippen MR) is 89.1 cm³/mol. The zero-order valence-corrected chi connectivity index (χ0v) is 13.8. The second kappa shape index (κ2) is 7.73. The smallest absolute Gasteiger partial charge is 0.411 e. The number of ether oxygens (including phenoxy) is 1. The van der Waals surface area contributed by atoms with E-state index in [1.807, 2.05) is 0 Å². The van der Waals surface area contributed by atoms with Crippen LogP contribution in [0.25, 0.3) is 0 Å². The summed E-state index contributed by atoms with van der Waals surface area (Å²) < 4.78 is 19.0. The number of hydrogen-bond acceptors (Lipinski definition) is 3. The molecule has 0 spiro atoms. The van der Waals surface area contributed by atoms with Crippen molar-refractivity contribution in [3.05, 3.63) is 58.3 Å². The van der Waals surface area contributed by atoms with Crippen molar-refractivity contribution in [2.24, 2.45) is 0 Å². The van der Waals surface area contributed by atoms with Crippen LogP contribution in [0.5, 0.6) is 0 Å². The van der Waals surface area contributed by atoms with Gasteiger partial charge >= 0.3 is 6.09 Å². The first-order chi connectivity index (χ1) is 11.0. The molecule has 2 aromatic carbocycles. The highest BCUT2D eigenvalue weighted by Gasteiger charge is 2.10. The molecule has 0 bridgehead atoms. The van der Waals surface area contributed by atoms with Gasteiger partial charge in [0.1, 0.15) is 5.82 Å². The maximum absolute atomic E-state index is 13.7. The quantitative estimate of drug-likeness (QED) is 0.825. The Morgan fingerprint density at radius 2 is 1.83 bits per heavy atom. The standard InChI is InChI=1S/C16H14BrFN2O3/c1-2-23-16(22)19-12-6-3-10(4-7-12)15(21)20-14-8-5-11(17)9-13(14)18/h3-9H,2H2,1H3,(H,19,22)(H,20,21). The number of carbonyl (C=O) groups is 2. The van der Waals surface area contributed by atoms with Gasteiger partial charge in [-0.15, -0.1) is 0 Å². The molecule has 7 heteroatoms. The predicted octanol–water partition coefficient (Wildman–Crippen LogP) is 4.41. The lowest BCUT2D eigenvalue weighted by Gasteiger charge is -2.08. The van der Waals surface area contributed by atoms with Crippen LogP contribution >= 0.6 is 15.9 Å². The van der Waals surface area contributed by atoms with Crippen LogP contribution in [0.3, 0.4) is 0 Å². The van der Waals surface area contributed by atoms with Gasteiger partial charge in [0.2, 0.25) is 0 Å². The maximum Gasteiger partial charge on any atom is 0.411 e. The van der Waals surface area contributed by atoms with Crippen LogP contribution in [0.4, 0.5) is 20.6 Å². The van der Waals surface area contributed by atoms with Gasteiger partial charge in [-0.25, -0.2) is 9.18 Å². The molecule has 0 atom stereocenters. The van der Waals surface area contributed by atoms with E-state index in [4.69, 9.17) is 4.74 Å². The third-order valence-electron chi connectivity index (χ3n) is 2.85. The molecule has 0 aromatic heterocycles. The third-order valence-corrected chi connectivity index (χ3v) is 3.34. The van der Waals surface area contributed by atoms with Crippen molar-refractivity contribution in [2.75, 3.05) is 17.2 Å². The van der Waals surface area contributed by atoms with Gasteiger partial charge in [0.25, 0.3) is 5.91 Å². The first-order valence-electron chi connectivity index (χ1n) is 6.80. The second-order valence-electron chi connectivity index (χ2n) is 4.50. The van der Waals surface area contributed by atoms with Gasteiger partial charge in [0.15, 0.2) is 0 Å². The second-order valence-corrected chi connectivity index (χ2v) is 5.42. The summed E-state index contributed by atoms with van der Waals surface area (Å²) in [6, 6.07) is 10.5. The van der Waals surface area contributed by atoms with Gasteiger partial charge < -0.3 is 10.1 Å². The van der Waals surface area contributed by atoms with Crippen LogP contribution in [0.1, 0.15) is 17.3 Å². The van der Waals surface area contributed by atoms with E-state index in [1.165, 1.54) is 24.3 Å². The molecule has 0 fully saturated rings. The van der Waals surface area contributed by atoms with Crippen molar-refractivity contribution in [3.8, 4) is 0 Å². The number of amides is 2. The summed E-state index contributed by atoms with van der Waals surface area (Å²) >= 11 is 3.15. The molecule has 2 rings (SSSR count). The SMILES string of the molecule is CCOC(=O)Nc1ccc(C(=O)Nc2ccc(Br)cc2F)cc1. The van der Waals surface area contributed by atoms with E-state index >= 15 is 0 Å². The fourth-order valence-electron chi connectivity index (χ4n) is 1.78. The molecule has 0 saturated carbocycles. The summed E-state index contributed by atoms with van der Waals surface area (Å²) in [5.74, 6) is -0.984. The maximum atomic E-state index is 13.7. The van der Waals surface area contributed by atoms with E-state index < -0.39 is 17.8 Å². The van der Waals surface area contributed by atoms with Crippen LogP contribution in [0.2, 0.25) is 0 Å². The summed E-state index contributed by atoms with van der Waals surface area (Å²) in [7, 11) is 0. The Kier molecular flexibility index (Phi) is 5.70. The highest BCUT2D eigenvalue weighted by molar-refractivity contribution is 9.10. The Morgan fingerprint density at radius 3 is 2.43 bits per heavy atom. The molecule has 0 aliphatic heterocycles. The van der Waals surface area contributed by atoms with E-state index in [0.29, 0.717) is 15.7 Å².